The number of esters is 1. The van der Waals surface area contributed by atoms with E-state index in [9.17, 15) is 4.79 Å². The van der Waals surface area contributed by atoms with Crippen molar-refractivity contribution in [2.45, 2.75) is 44.0 Å². The maximum Gasteiger partial charge on any atom is 0.326 e. The Morgan fingerprint density at radius 3 is 2.42 bits per heavy atom. The molecular weight excluding hydrogens is 258 g/mol. The number of hydrogen-bond acceptors (Lipinski definition) is 4. The normalized spacial score (nSPS) is 14.2. The Morgan fingerprint density at radius 1 is 1.37 bits per heavy atom. The lowest BCUT2D eigenvalue weighted by Gasteiger charge is -2.21. The number of nitrogens with two attached hydrogens (primary N) is 1. The summed E-state index contributed by atoms with van der Waals surface area (Å²) in [5.74, 6) is 0.687. The number of hydrogen-bond donors (Lipinski definition) is 1. The lowest BCUT2D eigenvalue weighted by molar-refractivity contribution is -0.148. The molecule has 0 amide bonds. The van der Waals surface area contributed by atoms with Crippen LogP contribution in [0.25, 0.3) is 0 Å². The molecule has 3 nitrogen and oxygen atoms in total. The van der Waals surface area contributed by atoms with Gasteiger partial charge in [-0.3, -0.25) is 4.79 Å². The molecule has 4 heteroatoms. The van der Waals surface area contributed by atoms with Crippen LogP contribution in [0.4, 0.5) is 0 Å². The van der Waals surface area contributed by atoms with E-state index in [2.05, 4.69) is 38.1 Å². The van der Waals surface area contributed by atoms with Gasteiger partial charge in [0, 0.05) is 10.6 Å². The van der Waals surface area contributed by atoms with Crippen LogP contribution in [0.15, 0.2) is 29.2 Å². The maximum absolute atomic E-state index is 11.7. The molecule has 0 saturated heterocycles. The van der Waals surface area contributed by atoms with Crippen LogP contribution in [0.2, 0.25) is 0 Å². The van der Waals surface area contributed by atoms with Gasteiger partial charge in [0.1, 0.15) is 5.54 Å². The van der Waals surface area contributed by atoms with Crippen molar-refractivity contribution in [2.24, 2.45) is 5.73 Å². The lowest BCUT2D eigenvalue weighted by Crippen LogP contribution is -2.48. The molecule has 2 N–H and O–H groups in total. The van der Waals surface area contributed by atoms with Crippen molar-refractivity contribution in [1.82, 2.24) is 0 Å². The summed E-state index contributed by atoms with van der Waals surface area (Å²) in [5, 5.41) is 0. The van der Waals surface area contributed by atoms with Gasteiger partial charge in [-0.1, -0.05) is 26.0 Å². The molecule has 1 aromatic carbocycles. The summed E-state index contributed by atoms with van der Waals surface area (Å²) in [7, 11) is 0. The highest BCUT2D eigenvalue weighted by Gasteiger charge is 2.29. The van der Waals surface area contributed by atoms with Gasteiger partial charge < -0.3 is 10.5 Å². The van der Waals surface area contributed by atoms with Crippen LogP contribution in [0.1, 0.15) is 39.2 Å². The number of rotatable bonds is 6. The fourth-order valence-corrected chi connectivity index (χ4v) is 2.45. The van der Waals surface area contributed by atoms with Crippen molar-refractivity contribution in [1.29, 1.82) is 0 Å². The summed E-state index contributed by atoms with van der Waals surface area (Å²) < 4.78 is 4.97. The van der Waals surface area contributed by atoms with Gasteiger partial charge in [-0.15, -0.1) is 11.8 Å². The third-order valence-electron chi connectivity index (χ3n) is 2.83. The lowest BCUT2D eigenvalue weighted by atomic mass is 10.0. The number of carbonyl (C=O) groups excluding carboxylic acids is 1. The van der Waals surface area contributed by atoms with Crippen molar-refractivity contribution < 1.29 is 9.53 Å². The van der Waals surface area contributed by atoms with E-state index in [1.807, 2.05) is 0 Å². The summed E-state index contributed by atoms with van der Waals surface area (Å²) >= 11 is 1.58. The molecule has 0 radical (unpaired) electrons. The Morgan fingerprint density at radius 2 is 1.95 bits per heavy atom. The molecule has 0 aliphatic heterocycles. The zero-order valence-electron chi connectivity index (χ0n) is 12.1. The smallest absolute Gasteiger partial charge is 0.326 e. The third kappa shape index (κ3) is 4.88. The van der Waals surface area contributed by atoms with Crippen molar-refractivity contribution in [2.75, 3.05) is 12.4 Å². The molecule has 1 atom stereocenters. The SMILES string of the molecule is CCOC(=O)C(C)(N)CSc1ccc(C(C)C)cc1. The predicted octanol–water partition coefficient (Wildman–Crippen LogP) is 3.18. The highest BCUT2D eigenvalue weighted by atomic mass is 32.2. The molecule has 0 fully saturated rings. The molecule has 1 unspecified atom stereocenters. The second kappa shape index (κ2) is 6.96. The van der Waals surface area contributed by atoms with Crippen LogP contribution < -0.4 is 5.73 Å². The standard InChI is InChI=1S/C15H23NO2S/c1-5-18-14(17)15(4,16)10-19-13-8-6-12(7-9-13)11(2)3/h6-9,11H,5,10,16H2,1-4H3. The molecule has 0 bridgehead atoms. The van der Waals surface area contributed by atoms with Gasteiger partial charge >= 0.3 is 5.97 Å². The molecule has 0 aliphatic rings. The second-order valence-corrected chi connectivity index (χ2v) is 6.20. The minimum Gasteiger partial charge on any atom is -0.465 e. The van der Waals surface area contributed by atoms with Gasteiger partial charge in [-0.05, 0) is 37.5 Å². The van der Waals surface area contributed by atoms with Gasteiger partial charge in [0.15, 0.2) is 0 Å². The monoisotopic (exact) mass is 281 g/mol. The fraction of sp³-hybridized carbons (Fsp3) is 0.533. The number of carbonyl (C=O) groups is 1. The molecule has 0 saturated carbocycles. The van der Waals surface area contributed by atoms with E-state index in [1.54, 1.807) is 25.6 Å². The fourth-order valence-electron chi connectivity index (χ4n) is 1.54. The van der Waals surface area contributed by atoms with Crippen molar-refractivity contribution in [3.8, 4) is 0 Å². The summed E-state index contributed by atoms with van der Waals surface area (Å²) in [6, 6.07) is 8.37. The number of thioether (sulfide) groups is 1. The van der Waals surface area contributed by atoms with E-state index < -0.39 is 5.54 Å². The zero-order valence-corrected chi connectivity index (χ0v) is 12.9. The number of ether oxygens (including phenoxy) is 1. The van der Waals surface area contributed by atoms with Gasteiger partial charge in [0.05, 0.1) is 6.61 Å². The van der Waals surface area contributed by atoms with Crippen molar-refractivity contribution in [3.63, 3.8) is 0 Å². The molecule has 19 heavy (non-hydrogen) atoms. The van der Waals surface area contributed by atoms with Crippen LogP contribution in [0.5, 0.6) is 0 Å². The average Bonchev–Trinajstić information content (AvgIpc) is 2.37. The zero-order chi connectivity index (χ0) is 14.5. The Kier molecular flexibility index (Phi) is 5.88. The van der Waals surface area contributed by atoms with E-state index >= 15 is 0 Å². The summed E-state index contributed by atoms with van der Waals surface area (Å²) in [5.41, 5.74) is 6.34. The first-order valence-corrected chi connectivity index (χ1v) is 7.54. The third-order valence-corrected chi connectivity index (χ3v) is 4.18. The Hall–Kier alpha value is -1.00. The van der Waals surface area contributed by atoms with Crippen LogP contribution in [-0.4, -0.2) is 23.9 Å². The molecule has 0 spiro atoms. The molecule has 0 heterocycles. The van der Waals surface area contributed by atoms with E-state index in [-0.39, 0.29) is 5.97 Å². The molecular formula is C15H23NO2S. The summed E-state index contributed by atoms with van der Waals surface area (Å²) in [6.07, 6.45) is 0. The van der Waals surface area contributed by atoms with Crippen molar-refractivity contribution >= 4 is 17.7 Å². The first-order valence-electron chi connectivity index (χ1n) is 6.55. The Balaban J connectivity index is 2.58. The minimum atomic E-state index is -0.947. The van der Waals surface area contributed by atoms with E-state index in [4.69, 9.17) is 10.5 Å². The first-order chi connectivity index (χ1) is 8.86. The summed E-state index contributed by atoms with van der Waals surface area (Å²) in [4.78, 5) is 12.8. The highest BCUT2D eigenvalue weighted by molar-refractivity contribution is 7.99. The quantitative estimate of drug-likeness (QED) is 0.642. The molecule has 1 rings (SSSR count). The van der Waals surface area contributed by atoms with Crippen LogP contribution in [-0.2, 0) is 9.53 Å². The Labute approximate surface area is 119 Å². The van der Waals surface area contributed by atoms with E-state index in [0.717, 1.165) is 4.90 Å². The molecule has 0 aromatic heterocycles. The highest BCUT2D eigenvalue weighted by Crippen LogP contribution is 2.24. The van der Waals surface area contributed by atoms with Crippen LogP contribution in [0, 0.1) is 0 Å². The predicted molar refractivity (Wildman–Crippen MR) is 80.5 cm³/mol. The minimum absolute atomic E-state index is 0.346. The van der Waals surface area contributed by atoms with E-state index in [0.29, 0.717) is 18.3 Å². The van der Waals surface area contributed by atoms with Gasteiger partial charge in [0.25, 0.3) is 0 Å². The second-order valence-electron chi connectivity index (χ2n) is 5.15. The average molecular weight is 281 g/mol. The maximum atomic E-state index is 11.7. The van der Waals surface area contributed by atoms with Crippen molar-refractivity contribution in [3.05, 3.63) is 29.8 Å². The first kappa shape index (κ1) is 16.1. The molecule has 0 aliphatic carbocycles. The van der Waals surface area contributed by atoms with Gasteiger partial charge in [-0.25, -0.2) is 0 Å². The van der Waals surface area contributed by atoms with Gasteiger partial charge in [-0.2, -0.15) is 0 Å². The summed E-state index contributed by atoms with van der Waals surface area (Å²) in [6.45, 7) is 8.19. The number of benzene rings is 1. The van der Waals surface area contributed by atoms with Crippen LogP contribution >= 0.6 is 11.8 Å². The van der Waals surface area contributed by atoms with E-state index in [1.165, 1.54) is 5.56 Å². The van der Waals surface area contributed by atoms with Gasteiger partial charge in [0.2, 0.25) is 0 Å². The Bertz CT molecular complexity index is 413. The molecule has 106 valence electrons. The van der Waals surface area contributed by atoms with Crippen LogP contribution in [0.3, 0.4) is 0 Å². The largest absolute Gasteiger partial charge is 0.465 e. The topological polar surface area (TPSA) is 52.3 Å². The molecule has 1 aromatic rings.